The molecule has 1 fully saturated rings. The second-order valence-electron chi connectivity index (χ2n) is 5.76. The van der Waals surface area contributed by atoms with Crippen molar-refractivity contribution in [2.75, 3.05) is 20.2 Å². The molecule has 0 saturated heterocycles. The molecule has 6 heteroatoms. The van der Waals surface area contributed by atoms with Crippen molar-refractivity contribution in [1.82, 2.24) is 5.32 Å². The van der Waals surface area contributed by atoms with Crippen LogP contribution in [0.15, 0.2) is 24.3 Å². The molecule has 23 heavy (non-hydrogen) atoms. The number of carbonyl (C=O) groups is 2. The fourth-order valence-electron chi connectivity index (χ4n) is 3.05. The van der Waals surface area contributed by atoms with E-state index in [9.17, 15) is 9.59 Å². The van der Waals surface area contributed by atoms with E-state index in [4.69, 9.17) is 5.73 Å². The van der Waals surface area contributed by atoms with E-state index in [1.165, 1.54) is 7.11 Å². The number of amides is 1. The number of methoxy groups -OCH3 is 1. The maximum atomic E-state index is 12.2. The topological polar surface area (TPSA) is 81.4 Å². The molecule has 2 atom stereocenters. The molecule has 1 aliphatic carbocycles. The number of halogens is 1. The monoisotopic (exact) mass is 340 g/mol. The number of hydrogen-bond donors (Lipinski definition) is 2. The first kappa shape index (κ1) is 19.5. The van der Waals surface area contributed by atoms with E-state index in [0.29, 0.717) is 24.6 Å². The standard InChI is InChI=1S/C17H24N2O3.ClH/c1-22-17(21)13-7-5-12(6-8-13)9-10-19-16(20)15-4-2-3-14(15)11-18;/h5-8,14-15H,2-4,9-11,18H2,1H3,(H,19,20);1H/t14-,15-;/m1./s1. The third-order valence-corrected chi connectivity index (χ3v) is 4.39. The molecule has 0 unspecified atom stereocenters. The van der Waals surface area contributed by atoms with Gasteiger partial charge >= 0.3 is 5.97 Å². The molecule has 1 aromatic rings. The molecule has 1 amide bonds. The Bertz CT molecular complexity index is 519. The van der Waals surface area contributed by atoms with E-state index in [0.717, 1.165) is 31.2 Å². The van der Waals surface area contributed by atoms with Crippen LogP contribution in [0.2, 0.25) is 0 Å². The maximum absolute atomic E-state index is 12.2. The van der Waals surface area contributed by atoms with Crippen LogP contribution in [0, 0.1) is 11.8 Å². The Kier molecular flexibility index (Phi) is 8.06. The summed E-state index contributed by atoms with van der Waals surface area (Å²) in [6.07, 6.45) is 3.84. The number of benzene rings is 1. The Balaban J connectivity index is 0.00000264. The number of esters is 1. The van der Waals surface area contributed by atoms with Crippen LogP contribution < -0.4 is 11.1 Å². The molecule has 0 aliphatic heterocycles. The molecule has 1 aliphatic rings. The van der Waals surface area contributed by atoms with Gasteiger partial charge in [0.05, 0.1) is 12.7 Å². The normalized spacial score (nSPS) is 19.7. The lowest BCUT2D eigenvalue weighted by molar-refractivity contribution is -0.125. The highest BCUT2D eigenvalue weighted by molar-refractivity contribution is 5.89. The van der Waals surface area contributed by atoms with Gasteiger partial charge in [-0.2, -0.15) is 0 Å². The van der Waals surface area contributed by atoms with Gasteiger partial charge in [0.2, 0.25) is 5.91 Å². The summed E-state index contributed by atoms with van der Waals surface area (Å²) in [7, 11) is 1.36. The highest BCUT2D eigenvalue weighted by Crippen LogP contribution is 2.30. The van der Waals surface area contributed by atoms with Crippen molar-refractivity contribution in [2.24, 2.45) is 17.6 Å². The minimum Gasteiger partial charge on any atom is -0.465 e. The summed E-state index contributed by atoms with van der Waals surface area (Å²) in [6.45, 7) is 1.19. The van der Waals surface area contributed by atoms with Crippen molar-refractivity contribution in [3.05, 3.63) is 35.4 Å². The quantitative estimate of drug-likeness (QED) is 0.775. The van der Waals surface area contributed by atoms with E-state index in [1.807, 2.05) is 12.1 Å². The van der Waals surface area contributed by atoms with Gasteiger partial charge in [-0.25, -0.2) is 4.79 Å². The average Bonchev–Trinajstić information content (AvgIpc) is 3.03. The van der Waals surface area contributed by atoms with E-state index >= 15 is 0 Å². The summed E-state index contributed by atoms with van der Waals surface area (Å²) in [5.74, 6) is 0.194. The summed E-state index contributed by atoms with van der Waals surface area (Å²) >= 11 is 0. The van der Waals surface area contributed by atoms with Gasteiger partial charge in [-0.15, -0.1) is 12.4 Å². The van der Waals surface area contributed by atoms with Crippen molar-refractivity contribution < 1.29 is 14.3 Å². The molecular formula is C17H25ClN2O3. The third kappa shape index (κ3) is 5.22. The summed E-state index contributed by atoms with van der Waals surface area (Å²) in [6, 6.07) is 7.25. The van der Waals surface area contributed by atoms with Crippen molar-refractivity contribution in [3.63, 3.8) is 0 Å². The molecule has 0 heterocycles. The predicted molar refractivity (Wildman–Crippen MR) is 91.6 cm³/mol. The minimum atomic E-state index is -0.339. The molecule has 128 valence electrons. The molecule has 0 spiro atoms. The summed E-state index contributed by atoms with van der Waals surface area (Å²) < 4.78 is 4.66. The summed E-state index contributed by atoms with van der Waals surface area (Å²) in [5.41, 5.74) is 7.33. The van der Waals surface area contributed by atoms with Gasteiger partial charge in [-0.3, -0.25) is 4.79 Å². The first-order valence-corrected chi connectivity index (χ1v) is 7.80. The number of ether oxygens (including phenoxy) is 1. The number of nitrogens with two attached hydrogens (primary N) is 1. The number of hydrogen-bond acceptors (Lipinski definition) is 4. The van der Waals surface area contributed by atoms with Crippen molar-refractivity contribution in [3.8, 4) is 0 Å². The number of nitrogens with one attached hydrogen (secondary N) is 1. The number of rotatable bonds is 6. The zero-order valence-electron chi connectivity index (χ0n) is 13.4. The first-order chi connectivity index (χ1) is 10.7. The fourth-order valence-corrected chi connectivity index (χ4v) is 3.05. The van der Waals surface area contributed by atoms with Gasteiger partial charge < -0.3 is 15.8 Å². The second-order valence-corrected chi connectivity index (χ2v) is 5.76. The zero-order valence-corrected chi connectivity index (χ0v) is 14.2. The molecule has 0 radical (unpaired) electrons. The second kappa shape index (κ2) is 9.53. The van der Waals surface area contributed by atoms with E-state index < -0.39 is 0 Å². The van der Waals surface area contributed by atoms with Crippen LogP contribution in [0.1, 0.15) is 35.2 Å². The molecule has 3 N–H and O–H groups in total. The maximum Gasteiger partial charge on any atom is 0.337 e. The first-order valence-electron chi connectivity index (χ1n) is 7.80. The Hall–Kier alpha value is -1.59. The van der Waals surface area contributed by atoms with Gasteiger partial charge in [-0.05, 0) is 49.4 Å². The predicted octanol–water partition coefficient (Wildman–Crippen LogP) is 1.93. The minimum absolute atomic E-state index is 0. The summed E-state index contributed by atoms with van der Waals surface area (Å²) in [5, 5.41) is 3.00. The van der Waals surface area contributed by atoms with Crippen LogP contribution in [-0.2, 0) is 16.0 Å². The van der Waals surface area contributed by atoms with Gasteiger partial charge in [0, 0.05) is 12.5 Å². The lowest BCUT2D eigenvalue weighted by Gasteiger charge is -2.17. The van der Waals surface area contributed by atoms with Gasteiger partial charge in [0.15, 0.2) is 0 Å². The molecule has 0 bridgehead atoms. The molecule has 1 saturated carbocycles. The SMILES string of the molecule is COC(=O)c1ccc(CCNC(=O)[C@@H]2CCC[C@@H]2CN)cc1.Cl. The van der Waals surface area contributed by atoms with E-state index in [1.54, 1.807) is 12.1 Å². The highest BCUT2D eigenvalue weighted by Gasteiger charge is 2.31. The lowest BCUT2D eigenvalue weighted by Crippen LogP contribution is -2.36. The van der Waals surface area contributed by atoms with Crippen molar-refractivity contribution in [2.45, 2.75) is 25.7 Å². The van der Waals surface area contributed by atoms with Gasteiger partial charge in [0.25, 0.3) is 0 Å². The van der Waals surface area contributed by atoms with Crippen LogP contribution in [0.4, 0.5) is 0 Å². The zero-order chi connectivity index (χ0) is 15.9. The Morgan fingerprint density at radius 1 is 1.26 bits per heavy atom. The van der Waals surface area contributed by atoms with Crippen molar-refractivity contribution >= 4 is 24.3 Å². The summed E-state index contributed by atoms with van der Waals surface area (Å²) in [4.78, 5) is 23.5. The third-order valence-electron chi connectivity index (χ3n) is 4.39. The fraction of sp³-hybridized carbons (Fsp3) is 0.529. The molecule has 0 aromatic heterocycles. The van der Waals surface area contributed by atoms with Crippen molar-refractivity contribution in [1.29, 1.82) is 0 Å². The van der Waals surface area contributed by atoms with E-state index in [-0.39, 0.29) is 30.2 Å². The van der Waals surface area contributed by atoms with E-state index in [2.05, 4.69) is 10.1 Å². The van der Waals surface area contributed by atoms with Gasteiger partial charge in [0.1, 0.15) is 0 Å². The average molecular weight is 341 g/mol. The Morgan fingerprint density at radius 2 is 1.96 bits per heavy atom. The van der Waals surface area contributed by atoms with Crippen LogP contribution in [0.25, 0.3) is 0 Å². The number of carbonyl (C=O) groups excluding carboxylic acids is 2. The largest absolute Gasteiger partial charge is 0.465 e. The molecule has 1 aromatic carbocycles. The van der Waals surface area contributed by atoms with Gasteiger partial charge in [-0.1, -0.05) is 18.6 Å². The van der Waals surface area contributed by atoms with Crippen LogP contribution in [-0.4, -0.2) is 32.1 Å². The lowest BCUT2D eigenvalue weighted by atomic mass is 9.95. The molecule has 5 nitrogen and oxygen atoms in total. The van der Waals surface area contributed by atoms with Crippen LogP contribution in [0.3, 0.4) is 0 Å². The highest BCUT2D eigenvalue weighted by atomic mass is 35.5. The van der Waals surface area contributed by atoms with Crippen LogP contribution in [0.5, 0.6) is 0 Å². The molecular weight excluding hydrogens is 316 g/mol. The molecule has 2 rings (SSSR count). The van der Waals surface area contributed by atoms with Crippen LogP contribution >= 0.6 is 12.4 Å². The smallest absolute Gasteiger partial charge is 0.337 e. The Morgan fingerprint density at radius 3 is 2.57 bits per heavy atom. The Labute approximate surface area is 143 Å².